The van der Waals surface area contributed by atoms with E-state index in [-0.39, 0.29) is 11.7 Å². The van der Waals surface area contributed by atoms with E-state index < -0.39 is 7.64 Å². The van der Waals surface area contributed by atoms with Gasteiger partial charge in [-0.25, -0.2) is 4.39 Å². The maximum Gasteiger partial charge on any atom is 0.304 e. The number of nitrogens with zero attached hydrogens (tertiary/aromatic N) is 1. The lowest BCUT2D eigenvalue weighted by atomic mass is 9.68. The highest BCUT2D eigenvalue weighted by molar-refractivity contribution is 7.81. The summed E-state index contributed by atoms with van der Waals surface area (Å²) in [4.78, 5) is 20.9. The van der Waals surface area contributed by atoms with Gasteiger partial charge in [-0.3, -0.25) is 9.78 Å². The Hall–Kier alpha value is -3.06. The molecule has 183 valence electrons. The fourth-order valence-corrected chi connectivity index (χ4v) is 6.72. The number of fused-ring (bicyclic) bond motifs is 1. The summed E-state index contributed by atoms with van der Waals surface area (Å²) in [5.41, 5.74) is 6.19. The van der Waals surface area contributed by atoms with Crippen LogP contribution in [-0.2, 0) is 11.0 Å². The van der Waals surface area contributed by atoms with Gasteiger partial charge in [0.2, 0.25) is 0 Å². The van der Waals surface area contributed by atoms with E-state index in [9.17, 15) is 9.18 Å². The second kappa shape index (κ2) is 10.1. The van der Waals surface area contributed by atoms with Crippen LogP contribution in [0.3, 0.4) is 0 Å². The molecule has 1 atom stereocenters. The molecule has 0 bridgehead atoms. The summed E-state index contributed by atoms with van der Waals surface area (Å²) in [5, 5.41) is 8.29. The molecule has 36 heavy (non-hydrogen) atoms. The van der Waals surface area contributed by atoms with Gasteiger partial charge in [0, 0.05) is 46.6 Å². The predicted molar refractivity (Wildman–Crippen MR) is 146 cm³/mol. The summed E-state index contributed by atoms with van der Waals surface area (Å²) in [6, 6.07) is 16.5. The van der Waals surface area contributed by atoms with Gasteiger partial charge in [-0.2, -0.15) is 0 Å². The number of carbonyl (C=O) groups excluding carboxylic acids is 1. The molecule has 3 N–H and O–H groups in total. The zero-order valence-electron chi connectivity index (χ0n) is 20.7. The molecular formula is C27H29BFN4O2P+. The Morgan fingerprint density at radius 1 is 1.14 bits per heavy atom. The summed E-state index contributed by atoms with van der Waals surface area (Å²) < 4.78 is 19.3. The summed E-state index contributed by atoms with van der Waals surface area (Å²) in [5.74, 6) is -0.431. The second-order valence-electron chi connectivity index (χ2n) is 9.00. The summed E-state index contributed by atoms with van der Waals surface area (Å²) in [6.07, 6.45) is 2.40. The number of rotatable bonds is 9. The normalized spacial score (nSPS) is 16.8. The van der Waals surface area contributed by atoms with Crippen LogP contribution in [0.1, 0.15) is 35.6 Å². The van der Waals surface area contributed by atoms with Gasteiger partial charge >= 0.3 is 7.64 Å². The standard InChI is InChI=1S/C27H28BFN4O2P/c1-4-28-20-8-11-23-19(14-20)15-24(32-23)27(34)30-13-12-22-16-25(36(5-2)33-35-36)17(3)26(31-22)18-6-9-21(29)10-7-18/h6-11,14-16,33H,4-5,12-13H2,1-3H3,(H-,30,32,34)/p+1. The minimum Gasteiger partial charge on any atom is -0.351 e. The van der Waals surface area contributed by atoms with E-state index in [2.05, 4.69) is 48.8 Å². The van der Waals surface area contributed by atoms with Crippen LogP contribution < -0.4 is 21.3 Å². The highest BCUT2D eigenvalue weighted by atomic mass is 31.2. The maximum absolute atomic E-state index is 13.5. The maximum atomic E-state index is 13.5. The second-order valence-corrected chi connectivity index (χ2v) is 12.0. The van der Waals surface area contributed by atoms with Crippen molar-refractivity contribution in [1.29, 1.82) is 0 Å². The number of halogens is 1. The fraction of sp³-hybridized carbons (Fsp3) is 0.259. The number of nitrogens with one attached hydrogen (secondary N) is 3. The van der Waals surface area contributed by atoms with E-state index in [4.69, 9.17) is 9.61 Å². The molecule has 1 saturated heterocycles. The van der Waals surface area contributed by atoms with Gasteiger partial charge in [0.05, 0.1) is 5.69 Å². The minimum atomic E-state index is -1.83. The van der Waals surface area contributed by atoms with Crippen LogP contribution >= 0.6 is 7.64 Å². The van der Waals surface area contributed by atoms with E-state index in [0.29, 0.717) is 18.7 Å². The topological polar surface area (TPSA) is 92.2 Å². The predicted octanol–water partition coefficient (Wildman–Crippen LogP) is 4.45. The number of H-pyrrole nitrogens is 1. The average molecular weight is 502 g/mol. The molecule has 1 amide bonds. The van der Waals surface area contributed by atoms with Crippen molar-refractivity contribution in [3.8, 4) is 11.3 Å². The van der Waals surface area contributed by atoms with Gasteiger partial charge in [-0.05, 0) is 55.6 Å². The molecular weight excluding hydrogens is 473 g/mol. The quantitative estimate of drug-likeness (QED) is 0.179. The average Bonchev–Trinajstić information content (AvgIpc) is 3.56. The summed E-state index contributed by atoms with van der Waals surface area (Å²) in [7, 11) is 0.324. The molecule has 4 aromatic rings. The third-order valence-electron chi connectivity index (χ3n) is 6.56. The number of aromatic amines is 1. The highest BCUT2D eigenvalue weighted by Gasteiger charge is 2.59. The van der Waals surface area contributed by atoms with Crippen LogP contribution in [0, 0.1) is 12.7 Å². The van der Waals surface area contributed by atoms with Crippen molar-refractivity contribution in [1.82, 2.24) is 20.5 Å². The van der Waals surface area contributed by atoms with E-state index in [1.807, 2.05) is 25.1 Å². The SMILES string of the molecule is CC[B]c1ccc2[nH]c(C(=O)NCCc3cc([P+]4(CC)NO4)c(C)c(-c4ccc(F)cc4)n3)cc2c1. The molecule has 1 aliphatic rings. The van der Waals surface area contributed by atoms with E-state index in [1.54, 1.807) is 12.1 Å². The van der Waals surface area contributed by atoms with Crippen LogP contribution in [0.2, 0.25) is 6.32 Å². The van der Waals surface area contributed by atoms with Crippen LogP contribution in [0.4, 0.5) is 4.39 Å². The van der Waals surface area contributed by atoms with Crippen LogP contribution in [0.15, 0.2) is 54.6 Å². The Labute approximate surface area is 211 Å². The molecule has 1 radical (unpaired) electrons. The summed E-state index contributed by atoms with van der Waals surface area (Å²) >= 11 is 0. The Morgan fingerprint density at radius 3 is 2.61 bits per heavy atom. The molecule has 2 aromatic carbocycles. The lowest BCUT2D eigenvalue weighted by Gasteiger charge is -2.12. The summed E-state index contributed by atoms with van der Waals surface area (Å²) in [6.45, 7) is 6.68. The molecule has 0 spiro atoms. The molecule has 6 nitrogen and oxygen atoms in total. The van der Waals surface area contributed by atoms with Gasteiger partial charge in [-0.15, -0.1) is 0 Å². The lowest BCUT2D eigenvalue weighted by Crippen LogP contribution is -2.26. The molecule has 0 saturated carbocycles. The largest absolute Gasteiger partial charge is 0.351 e. The van der Waals surface area contributed by atoms with Crippen molar-refractivity contribution in [2.75, 3.05) is 12.7 Å². The van der Waals surface area contributed by atoms with Crippen molar-refractivity contribution in [2.24, 2.45) is 0 Å². The monoisotopic (exact) mass is 502 g/mol. The molecule has 0 aliphatic carbocycles. The van der Waals surface area contributed by atoms with Crippen molar-refractivity contribution in [3.63, 3.8) is 0 Å². The molecule has 1 unspecified atom stereocenters. The number of amides is 1. The Bertz CT molecular complexity index is 1420. The number of benzene rings is 2. The zero-order valence-corrected chi connectivity index (χ0v) is 21.6. The molecule has 5 rings (SSSR count). The highest BCUT2D eigenvalue weighted by Crippen LogP contribution is 2.66. The van der Waals surface area contributed by atoms with Gasteiger partial charge < -0.3 is 10.3 Å². The third kappa shape index (κ3) is 4.94. The lowest BCUT2D eigenvalue weighted by molar-refractivity contribution is 0.0950. The molecule has 3 heterocycles. The number of hydrogen-bond acceptors (Lipinski definition) is 4. The Morgan fingerprint density at radius 2 is 1.92 bits per heavy atom. The Kier molecular flexibility index (Phi) is 6.93. The zero-order chi connectivity index (χ0) is 25.3. The first-order chi connectivity index (χ1) is 17.4. The number of aromatic nitrogens is 2. The first kappa shape index (κ1) is 24.6. The van der Waals surface area contributed by atoms with Crippen molar-refractivity contribution >= 4 is 42.5 Å². The van der Waals surface area contributed by atoms with Gasteiger partial charge in [-0.1, -0.05) is 35.5 Å². The van der Waals surface area contributed by atoms with Gasteiger partial charge in [0.15, 0.2) is 12.6 Å². The van der Waals surface area contributed by atoms with Crippen molar-refractivity contribution in [2.45, 2.75) is 33.5 Å². The van der Waals surface area contributed by atoms with Crippen molar-refractivity contribution < 1.29 is 13.8 Å². The Balaban J connectivity index is 1.34. The minimum absolute atomic E-state index is 0.150. The number of pyridine rings is 1. The molecule has 2 aromatic heterocycles. The fourth-order valence-electron chi connectivity index (χ4n) is 4.52. The number of hydrogen-bond donors (Lipinski definition) is 3. The van der Waals surface area contributed by atoms with E-state index in [0.717, 1.165) is 56.7 Å². The first-order valence-corrected chi connectivity index (χ1v) is 14.2. The van der Waals surface area contributed by atoms with Crippen LogP contribution in [-0.4, -0.2) is 35.9 Å². The molecule has 9 heteroatoms. The van der Waals surface area contributed by atoms with E-state index >= 15 is 0 Å². The third-order valence-corrected chi connectivity index (χ3v) is 9.31. The van der Waals surface area contributed by atoms with Gasteiger partial charge in [0.25, 0.3) is 5.91 Å². The van der Waals surface area contributed by atoms with E-state index in [1.165, 1.54) is 12.1 Å². The van der Waals surface area contributed by atoms with Crippen molar-refractivity contribution in [3.05, 3.63) is 77.4 Å². The molecule has 1 fully saturated rings. The number of carbonyl (C=O) groups is 1. The molecule has 1 aliphatic heterocycles. The first-order valence-electron chi connectivity index (χ1n) is 12.3. The van der Waals surface area contributed by atoms with Gasteiger partial charge in [0.1, 0.15) is 17.7 Å². The van der Waals surface area contributed by atoms with Crippen LogP contribution in [0.5, 0.6) is 0 Å². The smallest absolute Gasteiger partial charge is 0.304 e. The van der Waals surface area contributed by atoms with Crippen LogP contribution in [0.25, 0.3) is 22.2 Å².